The zero-order valence-corrected chi connectivity index (χ0v) is 8.76. The topological polar surface area (TPSA) is 38.3 Å². The Hall–Kier alpha value is -1.51. The first-order valence-electron chi connectivity index (χ1n) is 4.51. The minimum atomic E-state index is 0.304. The van der Waals surface area contributed by atoms with Crippen molar-refractivity contribution in [2.75, 3.05) is 19.0 Å². The Balaban J connectivity index is 3.00. The van der Waals surface area contributed by atoms with Gasteiger partial charge in [-0.25, -0.2) is 0 Å². The van der Waals surface area contributed by atoms with Gasteiger partial charge in [-0.15, -0.1) is 0 Å². The third-order valence-corrected chi connectivity index (χ3v) is 2.19. The number of nitrogens with one attached hydrogen (secondary N) is 1. The molecular formula is C11H15NO2. The van der Waals surface area contributed by atoms with E-state index in [0.717, 1.165) is 17.7 Å². The fourth-order valence-electron chi connectivity index (χ4n) is 1.25. The van der Waals surface area contributed by atoms with Gasteiger partial charge in [-0.1, -0.05) is 0 Å². The van der Waals surface area contributed by atoms with Crippen LogP contribution < -0.4 is 10.1 Å². The third-order valence-electron chi connectivity index (χ3n) is 2.19. The van der Waals surface area contributed by atoms with Crippen LogP contribution >= 0.6 is 0 Å². The quantitative estimate of drug-likeness (QED) is 0.742. The summed E-state index contributed by atoms with van der Waals surface area (Å²) in [4.78, 5) is 10.2. The van der Waals surface area contributed by atoms with Gasteiger partial charge in [0.25, 0.3) is 0 Å². The van der Waals surface area contributed by atoms with Crippen LogP contribution in [0.3, 0.4) is 0 Å². The molecule has 1 aromatic carbocycles. The van der Waals surface area contributed by atoms with Crippen molar-refractivity contribution < 1.29 is 9.53 Å². The molecule has 0 fully saturated rings. The first-order valence-corrected chi connectivity index (χ1v) is 4.51. The molecule has 14 heavy (non-hydrogen) atoms. The summed E-state index contributed by atoms with van der Waals surface area (Å²) in [6.45, 7) is 4.36. The molecule has 0 radical (unpaired) electrons. The number of ether oxygens (including phenoxy) is 1. The van der Waals surface area contributed by atoms with Crippen molar-refractivity contribution in [2.45, 2.75) is 13.8 Å². The Bertz CT molecular complexity index is 334. The van der Waals surface area contributed by atoms with Crippen molar-refractivity contribution in [1.29, 1.82) is 0 Å². The van der Waals surface area contributed by atoms with Gasteiger partial charge in [0.05, 0.1) is 19.3 Å². The maximum Gasteiger partial charge on any atom is 0.142 e. The van der Waals surface area contributed by atoms with Gasteiger partial charge in [0.2, 0.25) is 0 Å². The highest BCUT2D eigenvalue weighted by molar-refractivity contribution is 5.65. The van der Waals surface area contributed by atoms with E-state index >= 15 is 0 Å². The number of methoxy groups -OCH3 is 1. The molecule has 0 heterocycles. The lowest BCUT2D eigenvalue weighted by Crippen LogP contribution is -2.04. The second-order valence-electron chi connectivity index (χ2n) is 3.18. The minimum Gasteiger partial charge on any atom is -0.495 e. The van der Waals surface area contributed by atoms with Gasteiger partial charge in [0.1, 0.15) is 12.0 Å². The first kappa shape index (κ1) is 10.6. The van der Waals surface area contributed by atoms with Gasteiger partial charge in [-0.2, -0.15) is 0 Å². The average Bonchev–Trinajstić information content (AvgIpc) is 2.19. The lowest BCUT2D eigenvalue weighted by atomic mass is 10.1. The summed E-state index contributed by atoms with van der Waals surface area (Å²) in [6.07, 6.45) is 0.828. The van der Waals surface area contributed by atoms with Gasteiger partial charge in [0, 0.05) is 0 Å². The second-order valence-corrected chi connectivity index (χ2v) is 3.18. The van der Waals surface area contributed by atoms with Crippen molar-refractivity contribution >= 4 is 12.0 Å². The number of hydrogen-bond donors (Lipinski definition) is 1. The summed E-state index contributed by atoms with van der Waals surface area (Å²) in [5.74, 6) is 0.773. The summed E-state index contributed by atoms with van der Waals surface area (Å²) >= 11 is 0. The van der Waals surface area contributed by atoms with Crippen LogP contribution in [0, 0.1) is 13.8 Å². The molecule has 0 aliphatic heterocycles. The van der Waals surface area contributed by atoms with Gasteiger partial charge in [0.15, 0.2) is 0 Å². The van der Waals surface area contributed by atoms with Crippen LogP contribution in [0.4, 0.5) is 5.69 Å². The van der Waals surface area contributed by atoms with E-state index in [1.807, 2.05) is 26.0 Å². The Morgan fingerprint density at radius 3 is 2.57 bits per heavy atom. The van der Waals surface area contributed by atoms with Gasteiger partial charge >= 0.3 is 0 Å². The summed E-state index contributed by atoms with van der Waals surface area (Å²) in [5, 5.41) is 2.99. The van der Waals surface area contributed by atoms with Crippen molar-refractivity contribution in [3.63, 3.8) is 0 Å². The van der Waals surface area contributed by atoms with Crippen LogP contribution in [-0.2, 0) is 4.79 Å². The summed E-state index contributed by atoms with van der Waals surface area (Å²) in [5.41, 5.74) is 3.22. The van der Waals surface area contributed by atoms with E-state index in [1.54, 1.807) is 7.11 Å². The van der Waals surface area contributed by atoms with Gasteiger partial charge in [-0.3, -0.25) is 0 Å². The summed E-state index contributed by atoms with van der Waals surface area (Å²) in [7, 11) is 1.62. The number of carbonyl (C=O) groups is 1. The highest BCUT2D eigenvalue weighted by Gasteiger charge is 2.04. The fraction of sp³-hybridized carbons (Fsp3) is 0.364. The van der Waals surface area contributed by atoms with Crippen LogP contribution in [0.1, 0.15) is 11.1 Å². The molecule has 0 spiro atoms. The molecule has 0 saturated carbocycles. The van der Waals surface area contributed by atoms with Crippen molar-refractivity contribution in [3.8, 4) is 5.75 Å². The lowest BCUT2D eigenvalue weighted by Gasteiger charge is -2.11. The van der Waals surface area contributed by atoms with Crippen molar-refractivity contribution in [3.05, 3.63) is 23.3 Å². The molecular weight excluding hydrogens is 178 g/mol. The molecule has 3 nitrogen and oxygen atoms in total. The predicted octanol–water partition coefficient (Wildman–Crippen LogP) is 1.92. The largest absolute Gasteiger partial charge is 0.495 e. The maximum absolute atomic E-state index is 10.2. The minimum absolute atomic E-state index is 0.304. The summed E-state index contributed by atoms with van der Waals surface area (Å²) < 4.78 is 5.20. The smallest absolute Gasteiger partial charge is 0.142 e. The fourth-order valence-corrected chi connectivity index (χ4v) is 1.25. The van der Waals surface area contributed by atoms with Crippen molar-refractivity contribution in [2.24, 2.45) is 0 Å². The van der Waals surface area contributed by atoms with Crippen LogP contribution in [0.15, 0.2) is 12.1 Å². The van der Waals surface area contributed by atoms with E-state index in [0.29, 0.717) is 6.54 Å². The highest BCUT2D eigenvalue weighted by Crippen LogP contribution is 2.27. The van der Waals surface area contributed by atoms with E-state index in [4.69, 9.17) is 4.74 Å². The molecule has 0 aliphatic rings. The number of rotatable bonds is 4. The normalized spacial score (nSPS) is 9.64. The van der Waals surface area contributed by atoms with Crippen LogP contribution in [0.25, 0.3) is 0 Å². The Labute approximate surface area is 84.1 Å². The molecule has 0 unspecified atom stereocenters. The number of hydrogen-bond acceptors (Lipinski definition) is 3. The maximum atomic E-state index is 10.2. The van der Waals surface area contributed by atoms with Crippen LogP contribution in [0.5, 0.6) is 5.75 Å². The highest BCUT2D eigenvalue weighted by atomic mass is 16.5. The average molecular weight is 193 g/mol. The number of benzene rings is 1. The number of carbonyl (C=O) groups excluding carboxylic acids is 1. The molecule has 0 atom stereocenters. The van der Waals surface area contributed by atoms with Crippen LogP contribution in [-0.4, -0.2) is 19.9 Å². The molecule has 0 aliphatic carbocycles. The molecule has 1 aromatic rings. The molecule has 3 heteroatoms. The monoisotopic (exact) mass is 193 g/mol. The van der Waals surface area contributed by atoms with E-state index in [1.165, 1.54) is 11.1 Å². The zero-order chi connectivity index (χ0) is 10.6. The number of anilines is 1. The lowest BCUT2D eigenvalue weighted by molar-refractivity contribution is -0.106. The first-order chi connectivity index (χ1) is 6.69. The standard InChI is InChI=1S/C11H15NO2/c1-8-6-10(12-4-5-13)11(14-3)7-9(8)2/h5-7,12H,4H2,1-3H3. The third kappa shape index (κ3) is 2.25. The molecule has 1 rings (SSSR count). The second kappa shape index (κ2) is 4.65. The molecule has 1 N–H and O–H groups in total. The molecule has 0 amide bonds. The van der Waals surface area contributed by atoms with Crippen molar-refractivity contribution in [1.82, 2.24) is 0 Å². The Kier molecular flexibility index (Phi) is 3.51. The molecule has 0 bridgehead atoms. The van der Waals surface area contributed by atoms with E-state index in [-0.39, 0.29) is 0 Å². The van der Waals surface area contributed by atoms with E-state index in [2.05, 4.69) is 5.32 Å². The Morgan fingerprint density at radius 1 is 1.36 bits per heavy atom. The predicted molar refractivity (Wildman–Crippen MR) is 57.0 cm³/mol. The molecule has 0 saturated heterocycles. The van der Waals surface area contributed by atoms with Gasteiger partial charge in [-0.05, 0) is 37.1 Å². The van der Waals surface area contributed by atoms with E-state index < -0.39 is 0 Å². The number of aldehydes is 1. The van der Waals surface area contributed by atoms with Gasteiger partial charge < -0.3 is 14.8 Å². The SMILES string of the molecule is COc1cc(C)c(C)cc1NCC=O. The Morgan fingerprint density at radius 2 is 2.00 bits per heavy atom. The molecule has 0 aromatic heterocycles. The molecule has 76 valence electrons. The zero-order valence-electron chi connectivity index (χ0n) is 8.76. The number of aryl methyl sites for hydroxylation is 2. The van der Waals surface area contributed by atoms with E-state index in [9.17, 15) is 4.79 Å². The van der Waals surface area contributed by atoms with Crippen LogP contribution in [0.2, 0.25) is 0 Å². The summed E-state index contributed by atoms with van der Waals surface area (Å²) in [6, 6.07) is 3.94.